The molecule has 134 valence electrons. The van der Waals surface area contributed by atoms with Gasteiger partial charge in [0.2, 0.25) is 0 Å². The molecule has 1 rings (SSSR count). The molecule has 1 atom stereocenters. The lowest BCUT2D eigenvalue weighted by Gasteiger charge is -2.13. The Morgan fingerprint density at radius 3 is 1.70 bits per heavy atom. The van der Waals surface area contributed by atoms with Crippen molar-refractivity contribution in [2.24, 2.45) is 0 Å². The molecule has 0 bridgehead atoms. The maximum atomic E-state index is 4.02. The van der Waals surface area contributed by atoms with Crippen molar-refractivity contribution in [3.63, 3.8) is 0 Å². The number of aromatic nitrogens is 4. The lowest BCUT2D eigenvalue weighted by Crippen LogP contribution is -2.08. The number of rotatable bonds is 16. The Morgan fingerprint density at radius 2 is 1.26 bits per heavy atom. The van der Waals surface area contributed by atoms with Crippen molar-refractivity contribution in [3.05, 3.63) is 6.33 Å². The molecule has 0 N–H and O–H groups in total. The Balaban J connectivity index is 1.83. The Bertz CT molecular complexity index is 337. The molecule has 0 radical (unpaired) electrons. The monoisotopic (exact) mass is 322 g/mol. The summed E-state index contributed by atoms with van der Waals surface area (Å²) in [5, 5.41) is 11.5. The predicted octanol–water partition coefficient (Wildman–Crippen LogP) is 6.11. The van der Waals surface area contributed by atoms with Crippen LogP contribution in [0.2, 0.25) is 0 Å². The van der Waals surface area contributed by atoms with Crippen molar-refractivity contribution in [1.82, 2.24) is 20.2 Å². The van der Waals surface area contributed by atoms with E-state index < -0.39 is 0 Å². The lowest BCUT2D eigenvalue weighted by molar-refractivity contribution is 0.385. The number of unbranched alkanes of at least 4 members (excludes halogenated alkanes) is 12. The second-order valence-electron chi connectivity index (χ2n) is 6.88. The molecule has 4 heteroatoms. The number of nitrogens with zero attached hydrogens (tertiary/aromatic N) is 4. The van der Waals surface area contributed by atoms with E-state index in [1.54, 1.807) is 6.33 Å². The maximum Gasteiger partial charge on any atom is 0.138 e. The number of hydrogen-bond donors (Lipinski definition) is 0. The first-order valence-electron chi connectivity index (χ1n) is 10.1. The first kappa shape index (κ1) is 20.1. The van der Waals surface area contributed by atoms with Crippen LogP contribution in [0.15, 0.2) is 6.33 Å². The molecule has 0 aliphatic rings. The summed E-state index contributed by atoms with van der Waals surface area (Å²) in [6, 6.07) is 0.484. The van der Waals surface area contributed by atoms with Crippen LogP contribution in [0, 0.1) is 0 Å². The molecule has 0 saturated heterocycles. The molecule has 0 spiro atoms. The first-order valence-corrected chi connectivity index (χ1v) is 10.1. The summed E-state index contributed by atoms with van der Waals surface area (Å²) in [5.74, 6) is 0. The zero-order valence-corrected chi connectivity index (χ0v) is 15.6. The van der Waals surface area contributed by atoms with E-state index in [1.165, 1.54) is 89.9 Å². The zero-order valence-electron chi connectivity index (χ0n) is 15.6. The highest BCUT2D eigenvalue weighted by Crippen LogP contribution is 2.19. The lowest BCUT2D eigenvalue weighted by atomic mass is 10.0. The fourth-order valence-electron chi connectivity index (χ4n) is 3.26. The molecule has 0 amide bonds. The first-order chi connectivity index (χ1) is 11.4. The number of hydrogen-bond acceptors (Lipinski definition) is 3. The van der Waals surface area contributed by atoms with Gasteiger partial charge in [0.05, 0.1) is 6.04 Å². The van der Waals surface area contributed by atoms with Crippen LogP contribution in [-0.4, -0.2) is 20.2 Å². The second kappa shape index (κ2) is 14.6. The summed E-state index contributed by atoms with van der Waals surface area (Å²) in [7, 11) is 0. The Morgan fingerprint density at radius 1 is 0.739 bits per heavy atom. The van der Waals surface area contributed by atoms with Crippen molar-refractivity contribution in [1.29, 1.82) is 0 Å². The quantitative estimate of drug-likeness (QED) is 0.345. The van der Waals surface area contributed by atoms with Crippen molar-refractivity contribution in [2.45, 2.75) is 116 Å². The van der Waals surface area contributed by atoms with Crippen LogP contribution in [0.3, 0.4) is 0 Å². The van der Waals surface area contributed by atoms with Gasteiger partial charge in [-0.3, -0.25) is 0 Å². The minimum absolute atomic E-state index is 0.484. The van der Waals surface area contributed by atoms with Gasteiger partial charge in [0.15, 0.2) is 0 Å². The van der Waals surface area contributed by atoms with Crippen molar-refractivity contribution < 1.29 is 0 Å². The highest BCUT2D eigenvalue weighted by atomic mass is 15.5. The molecular formula is C19H38N4. The highest BCUT2D eigenvalue weighted by Gasteiger charge is 2.08. The molecular weight excluding hydrogens is 284 g/mol. The fourth-order valence-corrected chi connectivity index (χ4v) is 3.26. The maximum absolute atomic E-state index is 4.02. The van der Waals surface area contributed by atoms with Crippen LogP contribution < -0.4 is 0 Å². The molecule has 0 saturated carbocycles. The van der Waals surface area contributed by atoms with Crippen LogP contribution in [-0.2, 0) is 0 Å². The Kier molecular flexibility index (Phi) is 12.8. The molecule has 1 unspecified atom stereocenters. The average molecular weight is 323 g/mol. The third-order valence-electron chi connectivity index (χ3n) is 4.85. The van der Waals surface area contributed by atoms with E-state index in [1.807, 2.05) is 4.68 Å². The van der Waals surface area contributed by atoms with Gasteiger partial charge in [0, 0.05) is 0 Å². The molecule has 1 heterocycles. The van der Waals surface area contributed by atoms with Gasteiger partial charge in [-0.1, -0.05) is 97.3 Å². The molecule has 1 aromatic rings. The molecule has 0 fully saturated rings. The van der Waals surface area contributed by atoms with E-state index in [-0.39, 0.29) is 0 Å². The van der Waals surface area contributed by atoms with Crippen LogP contribution >= 0.6 is 0 Å². The van der Waals surface area contributed by atoms with E-state index in [2.05, 4.69) is 29.4 Å². The Labute approximate surface area is 143 Å². The molecule has 0 aliphatic carbocycles. The molecule has 0 aliphatic heterocycles. The second-order valence-corrected chi connectivity index (χ2v) is 6.88. The number of tetrazole rings is 1. The van der Waals surface area contributed by atoms with E-state index in [9.17, 15) is 0 Å². The van der Waals surface area contributed by atoms with E-state index in [4.69, 9.17) is 0 Å². The largest absolute Gasteiger partial charge is 0.229 e. The molecule has 23 heavy (non-hydrogen) atoms. The van der Waals surface area contributed by atoms with Gasteiger partial charge in [-0.25, -0.2) is 4.68 Å². The smallest absolute Gasteiger partial charge is 0.138 e. The normalized spacial score (nSPS) is 12.6. The third-order valence-corrected chi connectivity index (χ3v) is 4.85. The van der Waals surface area contributed by atoms with Gasteiger partial charge in [0.25, 0.3) is 0 Å². The van der Waals surface area contributed by atoms with Gasteiger partial charge in [0.1, 0.15) is 6.33 Å². The summed E-state index contributed by atoms with van der Waals surface area (Å²) in [6.07, 6.45) is 22.4. The summed E-state index contributed by atoms with van der Waals surface area (Å²) in [6.45, 7) is 4.50. The molecule has 1 aromatic heterocycles. The van der Waals surface area contributed by atoms with Crippen LogP contribution in [0.4, 0.5) is 0 Å². The summed E-state index contributed by atoms with van der Waals surface area (Å²) < 4.78 is 1.92. The average Bonchev–Trinajstić information content (AvgIpc) is 3.09. The van der Waals surface area contributed by atoms with Gasteiger partial charge < -0.3 is 0 Å². The Hall–Kier alpha value is -0.930. The molecule has 4 nitrogen and oxygen atoms in total. The zero-order chi connectivity index (χ0) is 16.6. The van der Waals surface area contributed by atoms with Gasteiger partial charge >= 0.3 is 0 Å². The minimum Gasteiger partial charge on any atom is -0.229 e. The van der Waals surface area contributed by atoms with Crippen LogP contribution in [0.25, 0.3) is 0 Å². The summed E-state index contributed by atoms with van der Waals surface area (Å²) in [4.78, 5) is 0. The van der Waals surface area contributed by atoms with Crippen LogP contribution in [0.5, 0.6) is 0 Å². The van der Waals surface area contributed by atoms with Crippen molar-refractivity contribution in [3.8, 4) is 0 Å². The third kappa shape index (κ3) is 10.5. The minimum atomic E-state index is 0.484. The van der Waals surface area contributed by atoms with E-state index in [0.717, 1.165) is 6.42 Å². The highest BCUT2D eigenvalue weighted by molar-refractivity contribution is 4.64. The van der Waals surface area contributed by atoms with Gasteiger partial charge in [-0.2, -0.15) is 0 Å². The van der Waals surface area contributed by atoms with E-state index >= 15 is 0 Å². The topological polar surface area (TPSA) is 43.6 Å². The van der Waals surface area contributed by atoms with Crippen LogP contribution in [0.1, 0.15) is 116 Å². The SMILES string of the molecule is CCCCCCCCCCCCCCCC(CC)n1cnnn1. The predicted molar refractivity (Wildman–Crippen MR) is 97.5 cm³/mol. The summed E-state index contributed by atoms with van der Waals surface area (Å²) >= 11 is 0. The fraction of sp³-hybridized carbons (Fsp3) is 0.947. The summed E-state index contributed by atoms with van der Waals surface area (Å²) in [5.41, 5.74) is 0. The van der Waals surface area contributed by atoms with Gasteiger partial charge in [-0.05, 0) is 23.3 Å². The molecule has 0 aromatic carbocycles. The van der Waals surface area contributed by atoms with Gasteiger partial charge in [-0.15, -0.1) is 5.10 Å². The van der Waals surface area contributed by atoms with Crippen molar-refractivity contribution >= 4 is 0 Å². The standard InChI is InChI=1S/C19H38N4/c1-3-5-6-7-8-9-10-11-12-13-14-15-16-17-19(4-2)23-18-20-21-22-23/h18-19H,3-17H2,1-2H3. The van der Waals surface area contributed by atoms with E-state index in [0.29, 0.717) is 6.04 Å². The van der Waals surface area contributed by atoms with Crippen molar-refractivity contribution in [2.75, 3.05) is 0 Å².